The molecule has 2 aliphatic rings. The minimum absolute atomic E-state index is 0.0666. The molecule has 1 N–H and O–H groups in total. The molecular formula is C19H18O3S. The van der Waals surface area contributed by atoms with Gasteiger partial charge in [0.25, 0.3) is 10.1 Å². The van der Waals surface area contributed by atoms with E-state index < -0.39 is 10.1 Å². The first-order valence-electron chi connectivity index (χ1n) is 7.36. The number of benzene rings is 3. The number of rotatable bonds is 1. The molecule has 0 aliphatic heterocycles. The first kappa shape index (κ1) is 15.7. The van der Waals surface area contributed by atoms with Crippen molar-refractivity contribution in [3.05, 3.63) is 65.2 Å². The van der Waals surface area contributed by atoms with Gasteiger partial charge in [0.1, 0.15) is 0 Å². The van der Waals surface area contributed by atoms with Crippen molar-refractivity contribution in [3.63, 3.8) is 0 Å². The second-order valence-corrected chi connectivity index (χ2v) is 7.34. The normalized spacial score (nSPS) is 11.8. The van der Waals surface area contributed by atoms with Gasteiger partial charge in [-0.1, -0.05) is 29.8 Å². The van der Waals surface area contributed by atoms with Gasteiger partial charge in [-0.2, -0.15) is 8.42 Å². The van der Waals surface area contributed by atoms with Gasteiger partial charge in [0.2, 0.25) is 0 Å². The Bertz CT molecular complexity index is 1000. The van der Waals surface area contributed by atoms with Crippen LogP contribution in [-0.2, 0) is 10.1 Å². The van der Waals surface area contributed by atoms with Crippen LogP contribution in [0.5, 0.6) is 0 Å². The number of hydrogen-bond donors (Lipinski definition) is 1. The van der Waals surface area contributed by atoms with E-state index in [-0.39, 0.29) is 4.90 Å². The molecule has 4 rings (SSSR count). The van der Waals surface area contributed by atoms with Crippen molar-refractivity contribution >= 4 is 20.9 Å². The minimum Gasteiger partial charge on any atom is -0.282 e. The first-order valence-corrected chi connectivity index (χ1v) is 8.80. The quantitative estimate of drug-likeness (QED) is 0.517. The molecule has 3 nitrogen and oxygen atoms in total. The van der Waals surface area contributed by atoms with Crippen molar-refractivity contribution in [2.45, 2.75) is 25.7 Å². The molecular weight excluding hydrogens is 308 g/mol. The average molecular weight is 326 g/mol. The average Bonchev–Trinajstić information content (AvgIpc) is 3.16. The summed E-state index contributed by atoms with van der Waals surface area (Å²) in [5.41, 5.74) is 6.70. The summed E-state index contributed by atoms with van der Waals surface area (Å²) in [6.07, 6.45) is 0. The summed E-state index contributed by atoms with van der Waals surface area (Å²) in [4.78, 5) is -0.0666. The van der Waals surface area contributed by atoms with Crippen molar-refractivity contribution < 1.29 is 13.0 Å². The Hall–Kier alpha value is -2.17. The highest BCUT2D eigenvalue weighted by atomic mass is 32.2. The monoisotopic (exact) mass is 326 g/mol. The van der Waals surface area contributed by atoms with E-state index in [2.05, 4.69) is 38.1 Å². The Morgan fingerprint density at radius 3 is 2.09 bits per heavy atom. The lowest BCUT2D eigenvalue weighted by atomic mass is 10.0. The molecule has 2 aromatic rings. The van der Waals surface area contributed by atoms with Gasteiger partial charge in [0.05, 0.1) is 4.90 Å². The highest BCUT2D eigenvalue weighted by Gasteiger charge is 2.18. The van der Waals surface area contributed by atoms with Crippen LogP contribution in [0.25, 0.3) is 21.9 Å². The molecule has 4 heteroatoms. The number of aryl methyl sites for hydroxylation is 3. The third-order valence-electron chi connectivity index (χ3n) is 4.22. The summed E-state index contributed by atoms with van der Waals surface area (Å²) >= 11 is 0. The van der Waals surface area contributed by atoms with Crippen molar-refractivity contribution in [3.8, 4) is 11.1 Å². The molecule has 0 heterocycles. The van der Waals surface area contributed by atoms with Crippen molar-refractivity contribution in [1.82, 2.24) is 0 Å². The van der Waals surface area contributed by atoms with Crippen LogP contribution in [0.15, 0.2) is 53.4 Å². The van der Waals surface area contributed by atoms with Crippen LogP contribution >= 0.6 is 0 Å². The zero-order chi connectivity index (χ0) is 16.8. The van der Waals surface area contributed by atoms with Gasteiger partial charge in [-0.15, -0.1) is 0 Å². The van der Waals surface area contributed by atoms with Gasteiger partial charge in [0, 0.05) is 0 Å². The van der Waals surface area contributed by atoms with E-state index in [0.717, 1.165) is 5.56 Å². The first-order chi connectivity index (χ1) is 10.8. The molecule has 0 saturated carbocycles. The third-order valence-corrected chi connectivity index (χ3v) is 5.09. The molecule has 0 unspecified atom stereocenters. The number of hydrogen-bond acceptors (Lipinski definition) is 2. The summed E-state index contributed by atoms with van der Waals surface area (Å²) in [6.45, 7) is 6.22. The number of fused-ring (bicyclic) bond motifs is 3. The summed E-state index contributed by atoms with van der Waals surface area (Å²) in [5.74, 6) is 0. The fourth-order valence-corrected chi connectivity index (χ4v) is 3.08. The van der Waals surface area contributed by atoms with Crippen LogP contribution in [0.1, 0.15) is 16.7 Å². The molecule has 118 valence electrons. The van der Waals surface area contributed by atoms with Gasteiger partial charge >= 0.3 is 0 Å². The van der Waals surface area contributed by atoms with Gasteiger partial charge < -0.3 is 0 Å². The fraction of sp³-hybridized carbons (Fsp3) is 0.158. The van der Waals surface area contributed by atoms with Crippen LogP contribution in [0.4, 0.5) is 0 Å². The third kappa shape index (κ3) is 3.14. The van der Waals surface area contributed by atoms with E-state index in [1.807, 2.05) is 6.92 Å². The summed E-state index contributed by atoms with van der Waals surface area (Å²) < 4.78 is 29.6. The maximum absolute atomic E-state index is 10.5. The van der Waals surface area contributed by atoms with E-state index in [4.69, 9.17) is 4.55 Å². The second kappa shape index (κ2) is 5.48. The van der Waals surface area contributed by atoms with Crippen LogP contribution in [0, 0.1) is 20.8 Å². The zero-order valence-electron chi connectivity index (χ0n) is 13.3. The highest BCUT2D eigenvalue weighted by Crippen LogP contribution is 2.44. The summed E-state index contributed by atoms with van der Waals surface area (Å²) in [6, 6.07) is 15.0. The van der Waals surface area contributed by atoms with Crippen LogP contribution in [0.3, 0.4) is 0 Å². The van der Waals surface area contributed by atoms with Crippen molar-refractivity contribution in [2.75, 3.05) is 0 Å². The van der Waals surface area contributed by atoms with Gasteiger partial charge in [-0.25, -0.2) is 0 Å². The molecule has 23 heavy (non-hydrogen) atoms. The van der Waals surface area contributed by atoms with E-state index in [9.17, 15) is 8.42 Å². The lowest BCUT2D eigenvalue weighted by molar-refractivity contribution is 0.483. The lowest BCUT2D eigenvalue weighted by Crippen LogP contribution is -1.96. The van der Waals surface area contributed by atoms with Gasteiger partial charge in [-0.05, 0) is 78.1 Å². The molecule has 0 bridgehead atoms. The topological polar surface area (TPSA) is 54.4 Å². The molecule has 0 atom stereocenters. The largest absolute Gasteiger partial charge is 0.294 e. The Morgan fingerprint density at radius 1 is 0.826 bits per heavy atom. The highest BCUT2D eigenvalue weighted by molar-refractivity contribution is 7.85. The fourth-order valence-electron chi connectivity index (χ4n) is 2.60. The molecule has 2 aliphatic carbocycles. The maximum Gasteiger partial charge on any atom is 0.294 e. The SMILES string of the molecule is Cc1ccc(S(=O)(=O)O)cc1.Cc1ccc2c3cc-3cc2c1C. The molecule has 0 saturated heterocycles. The molecule has 0 spiro atoms. The molecule has 0 aromatic heterocycles. The van der Waals surface area contributed by atoms with Crippen LogP contribution < -0.4 is 0 Å². The molecule has 2 aromatic carbocycles. The van der Waals surface area contributed by atoms with E-state index >= 15 is 0 Å². The Labute approximate surface area is 136 Å². The van der Waals surface area contributed by atoms with Crippen LogP contribution in [-0.4, -0.2) is 13.0 Å². The second-order valence-electron chi connectivity index (χ2n) is 5.91. The van der Waals surface area contributed by atoms with Gasteiger partial charge in [-0.3, -0.25) is 4.55 Å². The Balaban J connectivity index is 0.000000137. The smallest absolute Gasteiger partial charge is 0.282 e. The Morgan fingerprint density at radius 2 is 1.48 bits per heavy atom. The predicted octanol–water partition coefficient (Wildman–Crippen LogP) is 4.68. The van der Waals surface area contributed by atoms with Crippen LogP contribution in [0.2, 0.25) is 0 Å². The molecule has 0 fully saturated rings. The van der Waals surface area contributed by atoms with E-state index in [0.29, 0.717) is 0 Å². The lowest BCUT2D eigenvalue weighted by Gasteiger charge is -2.00. The van der Waals surface area contributed by atoms with Gasteiger partial charge in [0.15, 0.2) is 0 Å². The van der Waals surface area contributed by atoms with E-state index in [1.165, 1.54) is 45.2 Å². The van der Waals surface area contributed by atoms with E-state index in [1.54, 1.807) is 12.1 Å². The maximum atomic E-state index is 10.5. The summed E-state index contributed by atoms with van der Waals surface area (Å²) in [5, 5.41) is 2.88. The standard InChI is InChI=1S/C12H10.C7H8O3S/c1-7-3-4-10-11(8(7)2)5-9-6-12(9)10;1-6-2-4-7(5-3-6)11(8,9)10/h3-6H,1-2H3;2-5H,1H3,(H,8,9,10). The Kier molecular flexibility index (Phi) is 3.74. The van der Waals surface area contributed by atoms with Crippen molar-refractivity contribution in [2.24, 2.45) is 0 Å². The molecule has 0 radical (unpaired) electrons. The van der Waals surface area contributed by atoms with Crippen molar-refractivity contribution in [1.29, 1.82) is 0 Å². The minimum atomic E-state index is -4.02. The molecule has 0 amide bonds. The predicted molar refractivity (Wildman–Crippen MR) is 93.4 cm³/mol. The summed E-state index contributed by atoms with van der Waals surface area (Å²) in [7, 11) is -4.02. The zero-order valence-corrected chi connectivity index (χ0v) is 14.1.